The van der Waals surface area contributed by atoms with Crippen LogP contribution < -0.4 is 5.32 Å². The quantitative estimate of drug-likeness (QED) is 0.895. The fourth-order valence-corrected chi connectivity index (χ4v) is 2.73. The van der Waals surface area contributed by atoms with Crippen molar-refractivity contribution in [1.82, 2.24) is 10.2 Å². The van der Waals surface area contributed by atoms with Gasteiger partial charge < -0.3 is 10.2 Å². The number of carbonyl (C=O) groups is 2. The molecule has 4 nitrogen and oxygen atoms in total. The highest BCUT2D eigenvalue weighted by Crippen LogP contribution is 2.18. The molecule has 1 heterocycles. The number of hydrogen-bond donors (Lipinski definition) is 1. The summed E-state index contributed by atoms with van der Waals surface area (Å²) in [6.07, 6.45) is -3.30. The third kappa shape index (κ3) is 5.40. The summed E-state index contributed by atoms with van der Waals surface area (Å²) in [6, 6.07) is 6.69. The number of aryl methyl sites for hydroxylation is 1. The van der Waals surface area contributed by atoms with Crippen LogP contribution in [0.2, 0.25) is 5.02 Å². The molecular weight excluding hydrogens is 345 g/mol. The van der Waals surface area contributed by atoms with Crippen molar-refractivity contribution in [1.29, 1.82) is 0 Å². The van der Waals surface area contributed by atoms with Gasteiger partial charge in [0.25, 0.3) is 0 Å². The Morgan fingerprint density at radius 1 is 1.17 bits per heavy atom. The van der Waals surface area contributed by atoms with E-state index in [0.29, 0.717) is 43.8 Å². The second kappa shape index (κ2) is 7.88. The van der Waals surface area contributed by atoms with Gasteiger partial charge in [0.15, 0.2) is 0 Å². The number of alkyl halides is 3. The predicted octanol–water partition coefficient (Wildman–Crippen LogP) is 2.94. The zero-order valence-corrected chi connectivity index (χ0v) is 13.7. The van der Waals surface area contributed by atoms with Gasteiger partial charge in [-0.2, -0.15) is 13.2 Å². The molecule has 2 rings (SSSR count). The number of benzene rings is 1. The lowest BCUT2D eigenvalue weighted by atomic mass is 10.0. The molecule has 0 unspecified atom stereocenters. The van der Waals surface area contributed by atoms with Gasteiger partial charge in [-0.25, -0.2) is 0 Å². The van der Waals surface area contributed by atoms with Crippen molar-refractivity contribution in [2.75, 3.05) is 13.1 Å². The summed E-state index contributed by atoms with van der Waals surface area (Å²) in [7, 11) is 0. The zero-order chi connectivity index (χ0) is 17.7. The van der Waals surface area contributed by atoms with E-state index < -0.39 is 18.1 Å². The van der Waals surface area contributed by atoms with Crippen LogP contribution in [-0.2, 0) is 16.0 Å². The lowest BCUT2D eigenvalue weighted by Gasteiger charge is -2.32. The van der Waals surface area contributed by atoms with Crippen LogP contribution in [-0.4, -0.2) is 42.0 Å². The minimum absolute atomic E-state index is 0.0365. The molecule has 1 saturated heterocycles. The zero-order valence-electron chi connectivity index (χ0n) is 12.9. The molecule has 0 saturated carbocycles. The van der Waals surface area contributed by atoms with Gasteiger partial charge in [0.1, 0.15) is 0 Å². The molecule has 1 aliphatic rings. The summed E-state index contributed by atoms with van der Waals surface area (Å²) in [5.41, 5.74) is 1.00. The van der Waals surface area contributed by atoms with E-state index in [-0.39, 0.29) is 5.91 Å². The third-order valence-corrected chi connectivity index (χ3v) is 4.23. The minimum atomic E-state index is -4.87. The first kappa shape index (κ1) is 18.6. The Hall–Kier alpha value is -1.76. The molecule has 1 fully saturated rings. The molecule has 0 bridgehead atoms. The molecule has 0 spiro atoms. The van der Waals surface area contributed by atoms with E-state index in [1.165, 1.54) is 0 Å². The van der Waals surface area contributed by atoms with Crippen LogP contribution in [0.5, 0.6) is 0 Å². The first-order valence-corrected chi connectivity index (χ1v) is 8.03. The molecule has 24 heavy (non-hydrogen) atoms. The number of halogens is 4. The Labute approximate surface area is 143 Å². The Morgan fingerprint density at radius 2 is 1.75 bits per heavy atom. The van der Waals surface area contributed by atoms with E-state index in [0.717, 1.165) is 5.56 Å². The van der Waals surface area contributed by atoms with Crippen molar-refractivity contribution in [3.8, 4) is 0 Å². The fourth-order valence-electron chi connectivity index (χ4n) is 2.60. The van der Waals surface area contributed by atoms with Gasteiger partial charge >= 0.3 is 12.1 Å². The summed E-state index contributed by atoms with van der Waals surface area (Å²) < 4.78 is 36.6. The number of likely N-dealkylation sites (tertiary alicyclic amines) is 1. The maximum absolute atomic E-state index is 12.2. The van der Waals surface area contributed by atoms with E-state index in [1.807, 2.05) is 17.4 Å². The molecule has 8 heteroatoms. The number of nitrogens with one attached hydrogen (secondary N) is 1. The predicted molar refractivity (Wildman–Crippen MR) is 83.6 cm³/mol. The molecule has 0 radical (unpaired) electrons. The number of carbonyl (C=O) groups excluding carboxylic acids is 2. The highest BCUT2D eigenvalue weighted by atomic mass is 35.5. The van der Waals surface area contributed by atoms with Crippen molar-refractivity contribution in [3.05, 3.63) is 34.9 Å². The summed E-state index contributed by atoms with van der Waals surface area (Å²) in [5.74, 6) is -1.96. The summed E-state index contributed by atoms with van der Waals surface area (Å²) in [5, 5.41) is 2.60. The highest BCUT2D eigenvalue weighted by molar-refractivity contribution is 6.30. The van der Waals surface area contributed by atoms with Crippen molar-refractivity contribution >= 4 is 23.4 Å². The molecule has 1 aromatic carbocycles. The van der Waals surface area contributed by atoms with Crippen LogP contribution in [0.4, 0.5) is 13.2 Å². The molecule has 1 N–H and O–H groups in total. The standard InChI is InChI=1S/C16H18ClF3N2O2/c17-12-4-1-11(2-5-12)3-6-14(23)22-9-7-13(8-10-22)21-15(24)16(18,19)20/h1-2,4-5,13H,3,6-10H2,(H,21,24). The number of nitrogens with zero attached hydrogens (tertiary/aromatic N) is 1. The molecule has 0 atom stereocenters. The number of rotatable bonds is 4. The maximum Gasteiger partial charge on any atom is 0.471 e. The molecule has 1 aromatic rings. The monoisotopic (exact) mass is 362 g/mol. The van der Waals surface area contributed by atoms with Crippen molar-refractivity contribution in [2.24, 2.45) is 0 Å². The van der Waals surface area contributed by atoms with Gasteiger partial charge in [0, 0.05) is 30.6 Å². The Morgan fingerprint density at radius 3 is 2.29 bits per heavy atom. The van der Waals surface area contributed by atoms with Crippen LogP contribution >= 0.6 is 11.6 Å². The minimum Gasteiger partial charge on any atom is -0.345 e. The molecule has 132 valence electrons. The second-order valence-corrected chi connectivity index (χ2v) is 6.19. The Bertz CT molecular complexity index is 582. The molecule has 2 amide bonds. The topological polar surface area (TPSA) is 49.4 Å². The largest absolute Gasteiger partial charge is 0.471 e. The first-order valence-electron chi connectivity index (χ1n) is 7.65. The smallest absolute Gasteiger partial charge is 0.345 e. The summed E-state index contributed by atoms with van der Waals surface area (Å²) in [6.45, 7) is 0.699. The highest BCUT2D eigenvalue weighted by Gasteiger charge is 2.40. The molecule has 1 aliphatic heterocycles. The molecular formula is C16H18ClF3N2O2. The average Bonchev–Trinajstić information content (AvgIpc) is 2.54. The van der Waals surface area contributed by atoms with Gasteiger partial charge in [-0.3, -0.25) is 9.59 Å². The van der Waals surface area contributed by atoms with Gasteiger partial charge in [0.2, 0.25) is 5.91 Å². The maximum atomic E-state index is 12.2. The van der Waals surface area contributed by atoms with Crippen LogP contribution in [0.3, 0.4) is 0 Å². The summed E-state index contributed by atoms with van der Waals surface area (Å²) >= 11 is 5.80. The first-order chi connectivity index (χ1) is 11.3. The van der Waals surface area contributed by atoms with Crippen LogP contribution in [0.25, 0.3) is 0 Å². The van der Waals surface area contributed by atoms with Crippen LogP contribution in [0.15, 0.2) is 24.3 Å². The van der Waals surface area contributed by atoms with Crippen molar-refractivity contribution < 1.29 is 22.8 Å². The Balaban J connectivity index is 1.74. The normalized spacial score (nSPS) is 16.1. The average molecular weight is 363 g/mol. The second-order valence-electron chi connectivity index (χ2n) is 5.75. The van der Waals surface area contributed by atoms with E-state index in [4.69, 9.17) is 11.6 Å². The van der Waals surface area contributed by atoms with E-state index in [2.05, 4.69) is 0 Å². The van der Waals surface area contributed by atoms with Crippen LogP contribution in [0, 0.1) is 0 Å². The molecule has 0 aliphatic carbocycles. The van der Waals surface area contributed by atoms with Gasteiger partial charge in [-0.15, -0.1) is 0 Å². The number of hydrogen-bond acceptors (Lipinski definition) is 2. The van der Waals surface area contributed by atoms with Crippen molar-refractivity contribution in [2.45, 2.75) is 37.9 Å². The van der Waals surface area contributed by atoms with Crippen molar-refractivity contribution in [3.63, 3.8) is 0 Å². The van der Waals surface area contributed by atoms with E-state index in [1.54, 1.807) is 17.0 Å². The number of amides is 2. The summed E-state index contributed by atoms with van der Waals surface area (Å²) in [4.78, 5) is 24.7. The van der Waals surface area contributed by atoms with Gasteiger partial charge in [-0.1, -0.05) is 23.7 Å². The Kier molecular flexibility index (Phi) is 6.10. The van der Waals surface area contributed by atoms with E-state index >= 15 is 0 Å². The van der Waals surface area contributed by atoms with Crippen LogP contribution in [0.1, 0.15) is 24.8 Å². The third-order valence-electron chi connectivity index (χ3n) is 3.98. The number of piperidine rings is 1. The lowest BCUT2D eigenvalue weighted by Crippen LogP contribution is -2.49. The van der Waals surface area contributed by atoms with Gasteiger partial charge in [0.05, 0.1) is 0 Å². The molecule has 0 aromatic heterocycles. The SMILES string of the molecule is O=C(CCc1ccc(Cl)cc1)N1CCC(NC(=O)C(F)(F)F)CC1. The lowest BCUT2D eigenvalue weighted by molar-refractivity contribution is -0.174. The van der Waals surface area contributed by atoms with E-state index in [9.17, 15) is 22.8 Å². The fraction of sp³-hybridized carbons (Fsp3) is 0.500. The van der Waals surface area contributed by atoms with Gasteiger partial charge in [-0.05, 0) is 37.0 Å².